The minimum Gasteiger partial charge on any atom is -0.756 e. The zero-order valence-corrected chi connectivity index (χ0v) is 61.3. The average molecular weight is 1270 g/mol. The van der Waals surface area contributed by atoms with Gasteiger partial charge in [0.15, 0.2) is 0 Å². The van der Waals surface area contributed by atoms with Gasteiger partial charge in [0.25, 0.3) is 7.82 Å². The number of likely N-dealkylation sites (N-methyl/N-ethyl adjacent to an activating group) is 1. The van der Waals surface area contributed by atoms with Crippen molar-refractivity contribution in [2.75, 3.05) is 40.9 Å². The van der Waals surface area contributed by atoms with Gasteiger partial charge in [-0.25, -0.2) is 0 Å². The SMILES string of the molecule is CCCCCCCC/C=C/CCCCCCCCCCCCCCCCCCCC(=O)OC(/C=C/CCCCCCCCCCC)C(COP(=O)([O-])OCC[N+](C)(C)C)NC(=O)CCCCCCCCCCCCCCCCC/C=C/CCCCCCCC. The molecule has 0 rings (SSSR count). The molecule has 0 radical (unpaired) electrons. The molecule has 10 heteroatoms. The Balaban J connectivity index is 4.86. The second-order valence-corrected chi connectivity index (χ2v) is 29.6. The van der Waals surface area contributed by atoms with Gasteiger partial charge in [-0.05, 0) is 83.1 Å². The number of carbonyl (C=O) groups excluding carboxylic acids is 2. The number of ether oxygens (including phenoxy) is 1. The number of allylic oxidation sites excluding steroid dienone is 5. The van der Waals surface area contributed by atoms with Crippen LogP contribution in [-0.4, -0.2) is 69.4 Å². The molecular formula is C79H153N2O7P. The first-order valence-electron chi connectivity index (χ1n) is 39.3. The Bertz CT molecular complexity index is 1610. The Labute approximate surface area is 555 Å². The summed E-state index contributed by atoms with van der Waals surface area (Å²) in [4.78, 5) is 40.3. The Kier molecular flexibility index (Phi) is 67.7. The summed E-state index contributed by atoms with van der Waals surface area (Å²) >= 11 is 0. The predicted molar refractivity (Wildman–Crippen MR) is 386 cm³/mol. The molecule has 0 aromatic heterocycles. The first-order chi connectivity index (χ1) is 43.4. The van der Waals surface area contributed by atoms with Gasteiger partial charge in [0.1, 0.15) is 19.3 Å². The molecule has 0 aliphatic rings. The number of quaternary nitrogens is 1. The molecule has 89 heavy (non-hydrogen) atoms. The highest BCUT2D eigenvalue weighted by Gasteiger charge is 2.27. The summed E-state index contributed by atoms with van der Waals surface area (Å²) in [6, 6.07) is -0.885. The van der Waals surface area contributed by atoms with Gasteiger partial charge in [0.05, 0.1) is 33.8 Å². The summed E-state index contributed by atoms with van der Waals surface area (Å²) < 4.78 is 30.5. The minimum atomic E-state index is -4.70. The number of amides is 1. The topological polar surface area (TPSA) is 114 Å². The molecule has 1 N–H and O–H groups in total. The van der Waals surface area contributed by atoms with Gasteiger partial charge in [0, 0.05) is 12.8 Å². The number of hydrogen-bond acceptors (Lipinski definition) is 7. The molecule has 0 aromatic rings. The van der Waals surface area contributed by atoms with E-state index >= 15 is 0 Å². The lowest BCUT2D eigenvalue weighted by molar-refractivity contribution is -0.870. The third kappa shape index (κ3) is 70.4. The van der Waals surface area contributed by atoms with E-state index in [9.17, 15) is 19.0 Å². The maximum Gasteiger partial charge on any atom is 0.306 e. The minimum absolute atomic E-state index is 0.0188. The Morgan fingerprint density at radius 2 is 0.652 bits per heavy atom. The third-order valence-corrected chi connectivity index (χ3v) is 19.0. The fourth-order valence-corrected chi connectivity index (χ4v) is 12.7. The van der Waals surface area contributed by atoms with E-state index in [1.165, 1.54) is 315 Å². The van der Waals surface area contributed by atoms with E-state index in [4.69, 9.17) is 13.8 Å². The van der Waals surface area contributed by atoms with Gasteiger partial charge in [-0.2, -0.15) is 0 Å². The lowest BCUT2D eigenvalue weighted by atomic mass is 10.0. The predicted octanol–water partition coefficient (Wildman–Crippen LogP) is 24.7. The van der Waals surface area contributed by atoms with E-state index in [0.29, 0.717) is 17.4 Å². The van der Waals surface area contributed by atoms with E-state index < -0.39 is 20.0 Å². The van der Waals surface area contributed by atoms with Crippen molar-refractivity contribution >= 4 is 19.7 Å². The first kappa shape index (κ1) is 87.2. The number of rotatable bonds is 73. The molecule has 3 unspecified atom stereocenters. The summed E-state index contributed by atoms with van der Waals surface area (Å²) in [5, 5.41) is 3.06. The van der Waals surface area contributed by atoms with Gasteiger partial charge >= 0.3 is 5.97 Å². The van der Waals surface area contributed by atoms with E-state index in [0.717, 1.165) is 57.8 Å². The highest BCUT2D eigenvalue weighted by atomic mass is 31.2. The first-order valence-corrected chi connectivity index (χ1v) is 40.8. The molecule has 0 heterocycles. The van der Waals surface area contributed by atoms with Crippen LogP contribution in [-0.2, 0) is 27.9 Å². The summed E-state index contributed by atoms with van der Waals surface area (Å²) in [5.74, 6) is -0.518. The molecule has 0 spiro atoms. The van der Waals surface area contributed by atoms with Gasteiger partial charge < -0.3 is 28.5 Å². The van der Waals surface area contributed by atoms with Gasteiger partial charge in [-0.15, -0.1) is 0 Å². The van der Waals surface area contributed by atoms with E-state index in [2.05, 4.69) is 50.4 Å². The van der Waals surface area contributed by atoms with Crippen molar-refractivity contribution in [3.05, 3.63) is 36.5 Å². The van der Waals surface area contributed by atoms with Gasteiger partial charge in [-0.3, -0.25) is 14.2 Å². The number of phosphoric ester groups is 1. The van der Waals surface area contributed by atoms with Crippen molar-refractivity contribution < 1.29 is 37.3 Å². The van der Waals surface area contributed by atoms with Crippen molar-refractivity contribution in [1.82, 2.24) is 5.32 Å². The quantitative estimate of drug-likeness (QED) is 0.0212. The highest BCUT2D eigenvalue weighted by Crippen LogP contribution is 2.38. The fourth-order valence-electron chi connectivity index (χ4n) is 12.0. The summed E-state index contributed by atoms with van der Waals surface area (Å²) in [6.07, 6.45) is 87.3. The van der Waals surface area contributed by atoms with Crippen LogP contribution in [0.5, 0.6) is 0 Å². The average Bonchev–Trinajstić information content (AvgIpc) is 3.71. The van der Waals surface area contributed by atoms with Crippen LogP contribution < -0.4 is 10.2 Å². The normalized spacial score (nSPS) is 13.6. The monoisotopic (exact) mass is 1270 g/mol. The van der Waals surface area contributed by atoms with Crippen molar-refractivity contribution in [2.24, 2.45) is 0 Å². The van der Waals surface area contributed by atoms with Crippen LogP contribution in [0, 0.1) is 0 Å². The zero-order valence-electron chi connectivity index (χ0n) is 60.4. The second-order valence-electron chi connectivity index (χ2n) is 28.2. The molecule has 9 nitrogen and oxygen atoms in total. The maximum absolute atomic E-state index is 13.6. The number of unbranched alkanes of at least 4 members (excludes halogenated alkanes) is 53. The summed E-state index contributed by atoms with van der Waals surface area (Å²) in [5.41, 5.74) is 0. The summed E-state index contributed by atoms with van der Waals surface area (Å²) in [7, 11) is 1.21. The van der Waals surface area contributed by atoms with Crippen LogP contribution in [0.1, 0.15) is 406 Å². The largest absolute Gasteiger partial charge is 0.756 e. The smallest absolute Gasteiger partial charge is 0.306 e. The maximum atomic E-state index is 13.6. The Hall–Kier alpha value is -1.77. The molecule has 0 aromatic carbocycles. The lowest BCUT2D eigenvalue weighted by Gasteiger charge is -2.30. The van der Waals surface area contributed by atoms with Gasteiger partial charge in [-0.1, -0.05) is 347 Å². The number of hydrogen-bond donors (Lipinski definition) is 1. The van der Waals surface area contributed by atoms with E-state index in [-0.39, 0.29) is 31.5 Å². The number of nitrogens with zero attached hydrogens (tertiary/aromatic N) is 1. The van der Waals surface area contributed by atoms with Crippen LogP contribution in [0.3, 0.4) is 0 Å². The molecule has 0 aliphatic heterocycles. The van der Waals surface area contributed by atoms with Crippen LogP contribution in [0.4, 0.5) is 0 Å². The third-order valence-electron chi connectivity index (χ3n) is 18.0. The number of esters is 1. The lowest BCUT2D eigenvalue weighted by Crippen LogP contribution is -2.47. The van der Waals surface area contributed by atoms with Gasteiger partial charge in [0.2, 0.25) is 5.91 Å². The molecule has 526 valence electrons. The summed E-state index contributed by atoms with van der Waals surface area (Å²) in [6.45, 7) is 6.90. The molecule has 0 saturated carbocycles. The standard InChI is InChI=1S/C79H153N2O7P/c1-7-10-13-16-19-22-25-27-29-31-33-35-37-39-40-42-44-46-48-50-52-54-57-60-63-66-69-72-79(83)88-77(70-67-64-61-58-55-24-21-18-15-12-9-3)76(75-87-89(84,85)86-74-73-81(4,5)6)80-78(82)71-68-65-62-59-56-53-51-49-47-45-43-41-38-36-34-32-30-28-26-23-20-17-14-11-8-2/h27-30,67,70,76-77H,7-26,31-66,68-69,71-75H2,1-6H3,(H-,80,82,84,85)/b29-27+,30-28+,70-67+. The van der Waals surface area contributed by atoms with Crippen LogP contribution in [0.25, 0.3) is 0 Å². The highest BCUT2D eigenvalue weighted by molar-refractivity contribution is 7.45. The van der Waals surface area contributed by atoms with Crippen molar-refractivity contribution in [1.29, 1.82) is 0 Å². The van der Waals surface area contributed by atoms with Crippen molar-refractivity contribution in [3.8, 4) is 0 Å². The van der Waals surface area contributed by atoms with Crippen LogP contribution >= 0.6 is 7.82 Å². The van der Waals surface area contributed by atoms with E-state index in [1.54, 1.807) is 0 Å². The molecule has 0 bridgehead atoms. The number of nitrogens with one attached hydrogen (secondary N) is 1. The molecule has 1 amide bonds. The Morgan fingerprint density at radius 3 is 0.955 bits per heavy atom. The molecule has 0 aliphatic carbocycles. The zero-order chi connectivity index (χ0) is 64.9. The number of carbonyl (C=O) groups is 2. The van der Waals surface area contributed by atoms with Crippen LogP contribution in [0.2, 0.25) is 0 Å². The van der Waals surface area contributed by atoms with Crippen molar-refractivity contribution in [2.45, 2.75) is 418 Å². The molecule has 0 saturated heterocycles. The fraction of sp³-hybridized carbons (Fsp3) is 0.899. The van der Waals surface area contributed by atoms with Crippen molar-refractivity contribution in [3.63, 3.8) is 0 Å². The number of phosphoric acid groups is 1. The molecular weight excluding hydrogens is 1120 g/mol. The Morgan fingerprint density at radius 1 is 0.382 bits per heavy atom. The van der Waals surface area contributed by atoms with Crippen LogP contribution in [0.15, 0.2) is 36.5 Å². The second kappa shape index (κ2) is 69.1. The van der Waals surface area contributed by atoms with E-state index in [1.807, 2.05) is 33.3 Å². The molecule has 0 fully saturated rings. The molecule has 3 atom stereocenters.